The number of benzene rings is 3. The molecule has 0 aliphatic carbocycles. The number of phenolic OH excluding ortho intramolecular Hbond substituents is 1. The number of rotatable bonds is 5. The monoisotopic (exact) mass is 462 g/mol. The second-order valence-electron chi connectivity index (χ2n) is 6.38. The predicted octanol–water partition coefficient (Wildman–Crippen LogP) is 5.86. The van der Waals surface area contributed by atoms with Gasteiger partial charge in [-0.3, -0.25) is 0 Å². The molecule has 0 aliphatic rings. The molecule has 0 atom stereocenters. The fraction of sp³-hybridized carbons (Fsp3) is 0. The molecular formula is C23H16BrFN4O. The SMILES string of the molecule is Oc1ccccc1-c1cc(-c2ccc(Br)cc2)nc(N/N=C\c2ccccc2F)n1. The third-order valence-corrected chi connectivity index (χ3v) is 4.85. The van der Waals surface area contributed by atoms with Gasteiger partial charge in [0.1, 0.15) is 11.6 Å². The summed E-state index contributed by atoms with van der Waals surface area (Å²) in [6, 6.07) is 22.7. The standard InChI is InChI=1S/C23H16BrFN4O/c24-17-11-9-15(10-12-17)20-13-21(18-6-2-4-8-22(18)30)28-23(27-20)29-26-14-16-5-1-3-7-19(16)25/h1-14,30H,(H,27,28,29)/b26-14-. The zero-order valence-electron chi connectivity index (χ0n) is 15.6. The van der Waals surface area contributed by atoms with E-state index in [9.17, 15) is 9.50 Å². The summed E-state index contributed by atoms with van der Waals surface area (Å²) >= 11 is 3.43. The Morgan fingerprint density at radius 1 is 0.900 bits per heavy atom. The number of phenols is 1. The van der Waals surface area contributed by atoms with Gasteiger partial charge in [0.15, 0.2) is 0 Å². The third kappa shape index (κ3) is 4.52. The number of halogens is 2. The van der Waals surface area contributed by atoms with Crippen molar-refractivity contribution < 1.29 is 9.50 Å². The number of aromatic nitrogens is 2. The lowest BCUT2D eigenvalue weighted by atomic mass is 10.1. The van der Waals surface area contributed by atoms with Crippen LogP contribution in [0.25, 0.3) is 22.5 Å². The Balaban J connectivity index is 1.73. The van der Waals surface area contributed by atoms with Crippen LogP contribution in [0.4, 0.5) is 10.3 Å². The van der Waals surface area contributed by atoms with E-state index in [1.165, 1.54) is 12.3 Å². The molecule has 1 heterocycles. The first kappa shape index (κ1) is 19.7. The predicted molar refractivity (Wildman–Crippen MR) is 120 cm³/mol. The van der Waals surface area contributed by atoms with E-state index in [4.69, 9.17) is 0 Å². The van der Waals surface area contributed by atoms with Gasteiger partial charge in [0.05, 0.1) is 17.6 Å². The van der Waals surface area contributed by atoms with Crippen molar-refractivity contribution in [1.82, 2.24) is 9.97 Å². The largest absolute Gasteiger partial charge is 0.507 e. The number of aromatic hydroxyl groups is 1. The maximum Gasteiger partial charge on any atom is 0.244 e. The topological polar surface area (TPSA) is 70.4 Å². The molecular weight excluding hydrogens is 447 g/mol. The molecule has 0 fully saturated rings. The highest BCUT2D eigenvalue weighted by atomic mass is 79.9. The van der Waals surface area contributed by atoms with Gasteiger partial charge in [0.25, 0.3) is 0 Å². The van der Waals surface area contributed by atoms with E-state index in [0.29, 0.717) is 22.5 Å². The zero-order valence-corrected chi connectivity index (χ0v) is 17.2. The van der Waals surface area contributed by atoms with Gasteiger partial charge in [-0.1, -0.05) is 58.4 Å². The van der Waals surface area contributed by atoms with Gasteiger partial charge in [-0.15, -0.1) is 0 Å². The zero-order chi connectivity index (χ0) is 20.9. The summed E-state index contributed by atoms with van der Waals surface area (Å²) in [5.74, 6) is -0.0393. The van der Waals surface area contributed by atoms with E-state index in [-0.39, 0.29) is 17.5 Å². The first-order valence-corrected chi connectivity index (χ1v) is 9.86. The van der Waals surface area contributed by atoms with E-state index >= 15 is 0 Å². The van der Waals surface area contributed by atoms with Gasteiger partial charge in [-0.05, 0) is 36.4 Å². The Kier molecular flexibility index (Phi) is 5.81. The molecule has 0 saturated heterocycles. The number of para-hydroxylation sites is 1. The molecule has 4 aromatic rings. The summed E-state index contributed by atoms with van der Waals surface area (Å²) in [6.07, 6.45) is 1.37. The number of nitrogens with one attached hydrogen (secondary N) is 1. The molecule has 0 saturated carbocycles. The van der Waals surface area contributed by atoms with E-state index < -0.39 is 0 Å². The number of hydrogen-bond acceptors (Lipinski definition) is 5. The van der Waals surface area contributed by atoms with Crippen molar-refractivity contribution in [2.45, 2.75) is 0 Å². The highest BCUT2D eigenvalue weighted by Gasteiger charge is 2.11. The normalized spacial score (nSPS) is 11.0. The summed E-state index contributed by atoms with van der Waals surface area (Å²) in [6.45, 7) is 0. The van der Waals surface area contributed by atoms with Crippen molar-refractivity contribution in [3.8, 4) is 28.3 Å². The van der Waals surface area contributed by atoms with Crippen LogP contribution in [0, 0.1) is 5.82 Å². The minimum Gasteiger partial charge on any atom is -0.507 e. The lowest BCUT2D eigenvalue weighted by Gasteiger charge is -2.09. The highest BCUT2D eigenvalue weighted by Crippen LogP contribution is 2.31. The van der Waals surface area contributed by atoms with Crippen molar-refractivity contribution in [2.24, 2.45) is 5.10 Å². The molecule has 0 spiro atoms. The Morgan fingerprint density at radius 3 is 2.37 bits per heavy atom. The van der Waals surface area contributed by atoms with Crippen LogP contribution in [0.15, 0.2) is 88.4 Å². The van der Waals surface area contributed by atoms with Crippen molar-refractivity contribution >= 4 is 28.1 Å². The molecule has 7 heteroatoms. The minimum absolute atomic E-state index is 0.110. The third-order valence-electron chi connectivity index (χ3n) is 4.32. The van der Waals surface area contributed by atoms with Gasteiger partial charge in [0.2, 0.25) is 5.95 Å². The Labute approximate surface area is 181 Å². The Hall–Kier alpha value is -3.58. The summed E-state index contributed by atoms with van der Waals surface area (Å²) < 4.78 is 14.7. The van der Waals surface area contributed by atoms with Crippen LogP contribution in [0.3, 0.4) is 0 Å². The van der Waals surface area contributed by atoms with E-state index in [0.717, 1.165) is 10.0 Å². The molecule has 1 aromatic heterocycles. The van der Waals surface area contributed by atoms with Gasteiger partial charge in [0, 0.05) is 21.2 Å². The van der Waals surface area contributed by atoms with Gasteiger partial charge in [-0.2, -0.15) is 5.10 Å². The van der Waals surface area contributed by atoms with Crippen LogP contribution in [-0.4, -0.2) is 21.3 Å². The summed E-state index contributed by atoms with van der Waals surface area (Å²) in [5, 5.41) is 14.3. The maximum absolute atomic E-state index is 13.8. The lowest BCUT2D eigenvalue weighted by Crippen LogP contribution is -2.01. The number of hydrazone groups is 1. The molecule has 4 rings (SSSR count). The molecule has 0 bridgehead atoms. The summed E-state index contributed by atoms with van der Waals surface area (Å²) in [7, 11) is 0. The molecule has 30 heavy (non-hydrogen) atoms. The smallest absolute Gasteiger partial charge is 0.244 e. The fourth-order valence-corrected chi connectivity index (χ4v) is 3.10. The molecule has 0 aliphatic heterocycles. The quantitative estimate of drug-likeness (QED) is 0.287. The molecule has 0 radical (unpaired) electrons. The fourth-order valence-electron chi connectivity index (χ4n) is 2.83. The van der Waals surface area contributed by atoms with Crippen molar-refractivity contribution in [3.05, 3.63) is 94.7 Å². The molecule has 5 nitrogen and oxygen atoms in total. The Morgan fingerprint density at radius 2 is 1.60 bits per heavy atom. The second-order valence-corrected chi connectivity index (χ2v) is 7.29. The average molecular weight is 463 g/mol. The lowest BCUT2D eigenvalue weighted by molar-refractivity contribution is 0.477. The van der Waals surface area contributed by atoms with Crippen LogP contribution >= 0.6 is 15.9 Å². The van der Waals surface area contributed by atoms with Crippen molar-refractivity contribution in [1.29, 1.82) is 0 Å². The summed E-state index contributed by atoms with van der Waals surface area (Å²) in [5.41, 5.74) is 5.73. The molecule has 3 aromatic carbocycles. The maximum atomic E-state index is 13.8. The minimum atomic E-state index is -0.373. The molecule has 148 valence electrons. The molecule has 2 N–H and O–H groups in total. The molecule has 0 unspecified atom stereocenters. The first-order chi connectivity index (χ1) is 14.6. The van der Waals surface area contributed by atoms with E-state index in [1.54, 1.807) is 42.5 Å². The van der Waals surface area contributed by atoms with E-state index in [1.807, 2.05) is 30.3 Å². The number of hydrogen-bond donors (Lipinski definition) is 2. The van der Waals surface area contributed by atoms with Crippen molar-refractivity contribution in [2.75, 3.05) is 5.43 Å². The number of nitrogens with zero attached hydrogens (tertiary/aromatic N) is 3. The van der Waals surface area contributed by atoms with Gasteiger partial charge < -0.3 is 5.11 Å². The summed E-state index contributed by atoms with van der Waals surface area (Å²) in [4.78, 5) is 8.98. The van der Waals surface area contributed by atoms with Crippen molar-refractivity contribution in [3.63, 3.8) is 0 Å². The Bertz CT molecular complexity index is 1210. The molecule has 0 amide bonds. The van der Waals surface area contributed by atoms with Crippen LogP contribution in [0.1, 0.15) is 5.56 Å². The average Bonchev–Trinajstić information content (AvgIpc) is 2.76. The van der Waals surface area contributed by atoms with Crippen LogP contribution < -0.4 is 5.43 Å². The second kappa shape index (κ2) is 8.84. The number of anilines is 1. The van der Waals surface area contributed by atoms with Gasteiger partial charge in [-0.25, -0.2) is 19.8 Å². The first-order valence-electron chi connectivity index (χ1n) is 9.07. The van der Waals surface area contributed by atoms with Crippen LogP contribution in [0.5, 0.6) is 5.75 Å². The van der Waals surface area contributed by atoms with Gasteiger partial charge >= 0.3 is 0 Å². The van der Waals surface area contributed by atoms with Crippen LogP contribution in [-0.2, 0) is 0 Å². The van der Waals surface area contributed by atoms with E-state index in [2.05, 4.69) is 36.4 Å². The van der Waals surface area contributed by atoms with Crippen LogP contribution in [0.2, 0.25) is 0 Å². The highest BCUT2D eigenvalue weighted by molar-refractivity contribution is 9.10.